The highest BCUT2D eigenvalue weighted by atomic mass is 35.5. The van der Waals surface area contributed by atoms with E-state index in [2.05, 4.69) is 81.6 Å². The number of aryl methyl sites for hydroxylation is 4. The second-order valence-electron chi connectivity index (χ2n) is 25.7. The maximum atomic E-state index is 12.3. The van der Waals surface area contributed by atoms with Gasteiger partial charge in [0.25, 0.3) is 11.8 Å². The van der Waals surface area contributed by atoms with E-state index in [-0.39, 0.29) is 45.9 Å². The molecule has 3 aromatic heterocycles. The normalized spacial score (nSPS) is 11.4. The summed E-state index contributed by atoms with van der Waals surface area (Å²) < 4.78 is 71.6. The molecule has 0 saturated carbocycles. The molecule has 3 heterocycles. The Balaban J connectivity index is 0.000000803. The second kappa shape index (κ2) is 60.8. The molecule has 0 aliphatic heterocycles. The van der Waals surface area contributed by atoms with Crippen LogP contribution < -0.4 is 35.3 Å². The number of methoxy groups -OCH3 is 6. The second-order valence-corrected chi connectivity index (χ2v) is 26.4. The van der Waals surface area contributed by atoms with Gasteiger partial charge in [-0.05, 0) is 183 Å². The summed E-state index contributed by atoms with van der Waals surface area (Å²) in [6.07, 6.45) is 5.69. The number of aliphatic hydroxyl groups is 3. The number of halogens is 2. The Morgan fingerprint density at radius 2 is 0.822 bits per heavy atom. The van der Waals surface area contributed by atoms with Crippen LogP contribution in [0.2, 0.25) is 0 Å². The molecule has 0 aliphatic carbocycles. The minimum absolute atomic E-state index is 0.0311. The van der Waals surface area contributed by atoms with Crippen LogP contribution in [-0.2, 0) is 140 Å². The van der Waals surface area contributed by atoms with Gasteiger partial charge in [-0.1, -0.05) is 13.8 Å². The van der Waals surface area contributed by atoms with Crippen molar-refractivity contribution in [2.45, 2.75) is 151 Å². The summed E-state index contributed by atoms with van der Waals surface area (Å²) in [6, 6.07) is 3.39. The molecule has 0 fully saturated rings. The van der Waals surface area contributed by atoms with Crippen LogP contribution in [0, 0.1) is 41.5 Å². The molecule has 2 amide bonds. The molecule has 0 bridgehead atoms. The number of rotatable bonds is 52. The lowest BCUT2D eigenvalue weighted by Gasteiger charge is -2.17. The molecule has 0 aliphatic rings. The minimum Gasteiger partial charge on any atom is -0.487 e. The summed E-state index contributed by atoms with van der Waals surface area (Å²) in [5, 5.41) is 48.5. The molecule has 38 heteroatoms. The van der Waals surface area contributed by atoms with Crippen molar-refractivity contribution in [1.82, 2.24) is 25.6 Å². The van der Waals surface area contributed by atoms with Crippen molar-refractivity contribution in [3.05, 3.63) is 114 Å². The molecule has 0 radical (unpaired) electrons. The molecule has 5 aromatic rings. The van der Waals surface area contributed by atoms with E-state index in [9.17, 15) is 68.1 Å². The number of aliphatic hydroxyl groups excluding tert-OH is 3. The summed E-state index contributed by atoms with van der Waals surface area (Å²) >= 11 is 8.98. The average Bonchev–Trinajstić information content (AvgIpc) is 1.63. The van der Waals surface area contributed by atoms with E-state index >= 15 is 0 Å². The largest absolute Gasteiger partial charge is 0.487 e. The minimum atomic E-state index is -1.55. The number of ether oxygens (including phenoxy) is 14. The van der Waals surface area contributed by atoms with Gasteiger partial charge in [0, 0.05) is 68.7 Å². The Labute approximate surface area is 696 Å². The van der Waals surface area contributed by atoms with Crippen molar-refractivity contribution in [1.29, 1.82) is 0 Å². The number of hydrogen-bond donors (Lipinski definition) is 11. The number of aldehydes is 1. The van der Waals surface area contributed by atoms with Crippen molar-refractivity contribution >= 4 is 87.6 Å². The van der Waals surface area contributed by atoms with Gasteiger partial charge in [-0.3, -0.25) is 43.2 Å². The van der Waals surface area contributed by atoms with Crippen molar-refractivity contribution in [2.75, 3.05) is 148 Å². The summed E-state index contributed by atoms with van der Waals surface area (Å²) in [6.45, 7) is 20.2. The van der Waals surface area contributed by atoms with Gasteiger partial charge in [0.2, 0.25) is 0 Å². The molecule has 2 aromatic carbocycles. The van der Waals surface area contributed by atoms with E-state index in [0.717, 1.165) is 101 Å². The van der Waals surface area contributed by atoms with Crippen molar-refractivity contribution in [3.8, 4) is 23.0 Å². The SMILES string of the molecule is CCc1c(Cc2[nH]c(C=O)c(C)c2CCCO)[nH]c(Cc2[nH]c(CO)c(C)c2CCCO)c1CC.COC(=O)CC(N)C(=O)OC.COCCOCCOCCOc1cc(C)c(C)cc1OCC(=O)NC(CC(=O)O)C(=O)O.COCCOCCOCCOc1cc(C)c(C)cc1OCC(=O)NC(CC(=O)OC)C(=O)OC.O=C(Cl)C(=O)Cl. The molecule has 0 saturated heterocycles. The number of hydrogen-bond acceptors (Lipinski definition) is 29. The molecule has 3 unspecified atom stereocenters. The molecule has 5 rings (SSSR count). The first-order valence-corrected chi connectivity index (χ1v) is 38.4. The zero-order valence-corrected chi connectivity index (χ0v) is 71.2. The first kappa shape index (κ1) is 106. The molecular formula is C80H118Cl2N6O30. The van der Waals surface area contributed by atoms with Gasteiger partial charge in [0.15, 0.2) is 42.5 Å². The van der Waals surface area contributed by atoms with E-state index in [0.29, 0.717) is 120 Å². The fraction of sp³-hybridized carbons (Fsp3) is 0.562. The lowest BCUT2D eigenvalue weighted by atomic mass is 9.97. The molecule has 662 valence electrons. The van der Waals surface area contributed by atoms with Gasteiger partial charge in [-0.2, -0.15) is 0 Å². The molecule has 3 atom stereocenters. The highest BCUT2D eigenvalue weighted by Crippen LogP contribution is 2.34. The van der Waals surface area contributed by atoms with Gasteiger partial charge in [0.05, 0.1) is 126 Å². The molecule has 0 spiro atoms. The standard InChI is InChI=1S/C28H41N3O4.C23H35NO10.C21H31NO10.C6H11NO4.C2Cl2O2/c1-5-19-20(6-2)24(14-26-22(10-8-12-33)18(4)28(16-35)31-26)29-23(19)13-25-21(9-7-11-32)17(3)27(15-34)30-25;1-16-12-19(33-11-10-32-9-8-31-7-6-28-3)20(13-17(16)2)34-15-21(25)24-18(23(27)30-5)14-22(26)29-4;1-14-10-17(31-9-8-30-7-6-29-5-4-28-3)18(11-15(14)2)32-13-19(23)22-16(21(26)27)12-20(24)25;1-10-5(8)3-4(7)6(9)11-2;3-1(5)2(4)6/h15,29-33,35H,5-14,16H2,1-4H3;12-13,18H,6-11,14-15H2,1-5H3,(H,24,25);10-11,16H,4-9,12-13H2,1-3H3,(H,22,23)(H,24,25)(H,26,27);4H,3,7H2,1-2H3;. The first-order valence-electron chi connectivity index (χ1n) is 37.6. The number of aromatic amines is 3. The Bertz CT molecular complexity index is 3920. The molecule has 118 heavy (non-hydrogen) atoms. The third-order valence-electron chi connectivity index (χ3n) is 17.5. The van der Waals surface area contributed by atoms with E-state index in [1.54, 1.807) is 32.4 Å². The number of nitrogens with two attached hydrogens (primary N) is 1. The predicted octanol–water partition coefficient (Wildman–Crippen LogP) is 5.06. The van der Waals surface area contributed by atoms with Crippen molar-refractivity contribution < 1.29 is 145 Å². The average molecular weight is 1710 g/mol. The zero-order chi connectivity index (χ0) is 88.8. The number of carbonyl (C=O) groups is 11. The number of aliphatic carboxylic acids is 2. The summed E-state index contributed by atoms with van der Waals surface area (Å²) in [5.74, 6) is -5.20. The molecule has 36 nitrogen and oxygen atoms in total. The van der Waals surface area contributed by atoms with Gasteiger partial charge in [-0.15, -0.1) is 0 Å². The molecule has 12 N–H and O–H groups in total. The Hall–Kier alpha value is -9.57. The van der Waals surface area contributed by atoms with Crippen LogP contribution in [-0.4, -0.2) is 271 Å². The smallest absolute Gasteiger partial charge is 0.328 e. The number of amides is 2. The number of aromatic nitrogens is 3. The third kappa shape index (κ3) is 40.7. The van der Waals surface area contributed by atoms with Crippen LogP contribution in [0.1, 0.15) is 141 Å². The highest BCUT2D eigenvalue weighted by molar-refractivity contribution is 6.97. The zero-order valence-electron chi connectivity index (χ0n) is 69.7. The number of H-pyrrole nitrogens is 3. The quantitative estimate of drug-likeness (QED) is 0.00605. The maximum Gasteiger partial charge on any atom is 0.328 e. The van der Waals surface area contributed by atoms with Crippen LogP contribution >= 0.6 is 23.2 Å². The number of nitrogens with one attached hydrogen (secondary N) is 5. The fourth-order valence-electron chi connectivity index (χ4n) is 11.0. The third-order valence-corrected chi connectivity index (χ3v) is 17.9. The lowest BCUT2D eigenvalue weighted by molar-refractivity contribution is -0.150. The number of carboxylic acid groups (broad SMARTS) is 2. The van der Waals surface area contributed by atoms with Crippen molar-refractivity contribution in [3.63, 3.8) is 0 Å². The predicted molar refractivity (Wildman–Crippen MR) is 430 cm³/mol. The number of carboxylic acids is 2. The lowest BCUT2D eigenvalue weighted by Crippen LogP contribution is -2.45. The maximum absolute atomic E-state index is 12.3. The Morgan fingerprint density at radius 1 is 0.458 bits per heavy atom. The van der Waals surface area contributed by atoms with E-state index in [1.807, 2.05) is 47.6 Å². The van der Waals surface area contributed by atoms with Crippen LogP contribution in [0.3, 0.4) is 0 Å². The van der Waals surface area contributed by atoms with Gasteiger partial charge in [-0.25, -0.2) is 9.59 Å². The van der Waals surface area contributed by atoms with E-state index in [4.69, 9.17) is 63.3 Å². The summed E-state index contributed by atoms with van der Waals surface area (Å²) in [4.78, 5) is 132. The summed E-state index contributed by atoms with van der Waals surface area (Å²) in [5.41, 5.74) is 21.9. The van der Waals surface area contributed by atoms with Crippen LogP contribution in [0.25, 0.3) is 0 Å². The van der Waals surface area contributed by atoms with Gasteiger partial charge >= 0.3 is 46.3 Å². The Kier molecular flexibility index (Phi) is 54.9. The summed E-state index contributed by atoms with van der Waals surface area (Å²) in [7, 11) is 7.99. The number of carbonyl (C=O) groups excluding carboxylic acids is 9. The van der Waals surface area contributed by atoms with Crippen LogP contribution in [0.5, 0.6) is 23.0 Å². The van der Waals surface area contributed by atoms with Gasteiger partial charge < -0.3 is 123 Å². The van der Waals surface area contributed by atoms with Crippen LogP contribution in [0.15, 0.2) is 24.3 Å². The highest BCUT2D eigenvalue weighted by Gasteiger charge is 2.28. The number of esters is 4. The van der Waals surface area contributed by atoms with Crippen LogP contribution in [0.4, 0.5) is 0 Å². The van der Waals surface area contributed by atoms with Crippen molar-refractivity contribution in [2.24, 2.45) is 5.73 Å². The number of benzene rings is 2. The molecular weight excluding hydrogens is 1600 g/mol. The fourth-order valence-corrected chi connectivity index (χ4v) is 11.0. The van der Waals surface area contributed by atoms with Gasteiger partial charge in [0.1, 0.15) is 31.3 Å². The van der Waals surface area contributed by atoms with E-state index < -0.39 is 95.9 Å². The first-order chi connectivity index (χ1) is 56.2. The topological polar surface area (TPSA) is 516 Å². The monoisotopic (exact) mass is 1710 g/mol. The van der Waals surface area contributed by atoms with E-state index in [1.165, 1.54) is 43.7 Å². The Morgan fingerprint density at radius 3 is 1.18 bits per heavy atom.